The zero-order valence-electron chi connectivity index (χ0n) is 12.7. The molecule has 7 N–H and O–H groups in total. The first kappa shape index (κ1) is 18.1. The second-order valence-corrected chi connectivity index (χ2v) is 6.59. The fraction of sp³-hybridized carbons (Fsp3) is 0.545. The van der Waals surface area contributed by atoms with Crippen LogP contribution in [0.4, 0.5) is 0 Å². The van der Waals surface area contributed by atoms with E-state index in [1.165, 1.54) is 17.5 Å². The molecule has 13 nitrogen and oxygen atoms in total. The summed E-state index contributed by atoms with van der Waals surface area (Å²) < 4.78 is 20.4. The van der Waals surface area contributed by atoms with Gasteiger partial charge in [-0.2, -0.15) is 0 Å². The van der Waals surface area contributed by atoms with Gasteiger partial charge in [-0.1, -0.05) is 0 Å². The Balaban J connectivity index is 1.67. The average molecular weight is 376 g/mol. The zero-order valence-corrected chi connectivity index (χ0v) is 13.6. The van der Waals surface area contributed by atoms with E-state index < -0.39 is 39.0 Å². The standard InChI is InChI=1S/C11H17N6O7P/c12-17-4-13-1-5-9(14-3-15-10(5)17)16-11-8(19)7(18)6(24-11)2-23-25(20,21)22/h1,4,6-8,11,18-19H,2-3,12H2,(H,14,16)(H2,20,21,22)/t6-,7-,8-,11-/m1/s1. The van der Waals surface area contributed by atoms with Crippen LogP contribution >= 0.6 is 7.82 Å². The van der Waals surface area contributed by atoms with E-state index in [4.69, 9.17) is 20.4 Å². The van der Waals surface area contributed by atoms with Crippen molar-refractivity contribution in [1.82, 2.24) is 10.3 Å². The van der Waals surface area contributed by atoms with Crippen molar-refractivity contribution >= 4 is 25.8 Å². The Morgan fingerprint density at radius 2 is 2.16 bits per heavy atom. The third-order valence-electron chi connectivity index (χ3n) is 3.63. The molecule has 3 aliphatic rings. The van der Waals surface area contributed by atoms with Crippen molar-refractivity contribution in [2.75, 3.05) is 13.3 Å². The fourth-order valence-corrected chi connectivity index (χ4v) is 2.80. The summed E-state index contributed by atoms with van der Waals surface area (Å²) in [5.74, 6) is 6.44. The van der Waals surface area contributed by atoms with Crippen LogP contribution in [0.5, 0.6) is 0 Å². The summed E-state index contributed by atoms with van der Waals surface area (Å²) in [4.78, 5) is 29.6. The highest BCUT2D eigenvalue weighted by molar-refractivity contribution is 7.46. The minimum absolute atomic E-state index is 0.0899. The van der Waals surface area contributed by atoms with Gasteiger partial charge in [0.15, 0.2) is 12.1 Å². The molecule has 0 unspecified atom stereocenters. The normalized spacial score (nSPS) is 32.0. The van der Waals surface area contributed by atoms with Gasteiger partial charge in [0.25, 0.3) is 0 Å². The largest absolute Gasteiger partial charge is 0.469 e. The average Bonchev–Trinajstić information content (AvgIpc) is 2.81. The second-order valence-electron chi connectivity index (χ2n) is 5.35. The number of nitrogens with one attached hydrogen (secondary N) is 1. The van der Waals surface area contributed by atoms with Crippen molar-refractivity contribution in [3.63, 3.8) is 0 Å². The van der Waals surface area contributed by atoms with Crippen LogP contribution in [0.25, 0.3) is 0 Å². The monoisotopic (exact) mass is 376 g/mol. The molecule has 0 radical (unpaired) electrons. The number of phosphoric acid groups is 1. The summed E-state index contributed by atoms with van der Waals surface area (Å²) >= 11 is 0. The first-order valence-electron chi connectivity index (χ1n) is 7.11. The molecule has 3 heterocycles. The topological polar surface area (TPSA) is 195 Å². The van der Waals surface area contributed by atoms with Crippen molar-refractivity contribution in [3.8, 4) is 0 Å². The molecule has 4 atom stereocenters. The van der Waals surface area contributed by atoms with Crippen molar-refractivity contribution in [2.24, 2.45) is 20.8 Å². The van der Waals surface area contributed by atoms with Gasteiger partial charge in [-0.05, 0) is 0 Å². The molecule has 1 saturated heterocycles. The Morgan fingerprint density at radius 1 is 1.40 bits per heavy atom. The molecule has 3 aliphatic heterocycles. The van der Waals surface area contributed by atoms with Gasteiger partial charge in [0.05, 0.1) is 12.2 Å². The molecule has 1 fully saturated rings. The zero-order chi connectivity index (χ0) is 18.2. The molecule has 0 bridgehead atoms. The number of aliphatic imine (C=N–C) groups is 3. The predicted octanol–water partition coefficient (Wildman–Crippen LogP) is -3.00. The van der Waals surface area contributed by atoms with E-state index in [1.807, 2.05) is 0 Å². The number of nitrogens with zero attached hydrogens (tertiary/aromatic N) is 4. The number of phosphoric ester groups is 1. The number of fused-ring (bicyclic) bond motifs is 1. The van der Waals surface area contributed by atoms with Crippen LogP contribution in [0, 0.1) is 0 Å². The number of hydrogen-bond donors (Lipinski definition) is 6. The highest BCUT2D eigenvalue weighted by Gasteiger charge is 2.44. The minimum atomic E-state index is -4.72. The smallest absolute Gasteiger partial charge is 0.387 e. The summed E-state index contributed by atoms with van der Waals surface area (Å²) in [5, 5.41) is 24.0. The number of hydrazine groups is 1. The molecule has 0 aromatic rings. The molecule has 25 heavy (non-hydrogen) atoms. The van der Waals surface area contributed by atoms with Crippen LogP contribution in [-0.4, -0.2) is 80.8 Å². The molecule has 0 aromatic carbocycles. The van der Waals surface area contributed by atoms with Crippen molar-refractivity contribution in [3.05, 3.63) is 11.8 Å². The van der Waals surface area contributed by atoms with E-state index in [0.717, 1.165) is 0 Å². The number of amidine groups is 2. The van der Waals surface area contributed by atoms with E-state index in [0.29, 0.717) is 17.2 Å². The number of hydrogen-bond acceptors (Lipinski definition) is 11. The predicted molar refractivity (Wildman–Crippen MR) is 84.1 cm³/mol. The molecule has 0 aliphatic carbocycles. The van der Waals surface area contributed by atoms with Crippen LogP contribution in [0.1, 0.15) is 0 Å². The third kappa shape index (κ3) is 3.94. The van der Waals surface area contributed by atoms with Gasteiger partial charge in [0.1, 0.15) is 37.2 Å². The lowest BCUT2D eigenvalue weighted by Gasteiger charge is -2.27. The third-order valence-corrected chi connectivity index (χ3v) is 4.12. The summed E-state index contributed by atoms with van der Waals surface area (Å²) in [6.07, 6.45) is -2.17. The van der Waals surface area contributed by atoms with Crippen LogP contribution in [0.3, 0.4) is 0 Å². The van der Waals surface area contributed by atoms with Crippen LogP contribution in [0.15, 0.2) is 26.8 Å². The number of aliphatic hydroxyl groups excluding tert-OH is 2. The number of aliphatic hydroxyl groups is 2. The maximum absolute atomic E-state index is 10.8. The summed E-state index contributed by atoms with van der Waals surface area (Å²) in [7, 11) is -4.72. The second kappa shape index (κ2) is 6.90. The minimum Gasteiger partial charge on any atom is -0.387 e. The highest BCUT2D eigenvalue weighted by atomic mass is 31.2. The van der Waals surface area contributed by atoms with Gasteiger partial charge in [-0.25, -0.2) is 25.4 Å². The Labute approximate surface area is 141 Å². The summed E-state index contributed by atoms with van der Waals surface area (Å²) in [6.45, 7) is -0.504. The maximum atomic E-state index is 10.8. The lowest BCUT2D eigenvalue weighted by molar-refractivity contribution is -0.0257. The summed E-state index contributed by atoms with van der Waals surface area (Å²) in [6, 6.07) is 0. The molecule has 138 valence electrons. The highest BCUT2D eigenvalue weighted by Crippen LogP contribution is 2.37. The molecular weight excluding hydrogens is 359 g/mol. The Bertz CT molecular complexity index is 703. The molecule has 0 amide bonds. The molecule has 0 aromatic heterocycles. The van der Waals surface area contributed by atoms with Crippen molar-refractivity contribution in [1.29, 1.82) is 0 Å². The molecule has 0 saturated carbocycles. The SMILES string of the molecule is NN1C=NC=C2C(N[C@@H]3O[C@H](COP(=O)(O)O)[C@@H](O)[C@H]3O)=NCN=C21. The molecule has 3 rings (SSSR count). The first-order valence-corrected chi connectivity index (χ1v) is 8.64. The maximum Gasteiger partial charge on any atom is 0.469 e. The van der Waals surface area contributed by atoms with E-state index in [1.54, 1.807) is 0 Å². The molecule has 14 heteroatoms. The Kier molecular flexibility index (Phi) is 4.99. The van der Waals surface area contributed by atoms with E-state index >= 15 is 0 Å². The van der Waals surface area contributed by atoms with Crippen molar-refractivity contribution < 1.29 is 33.8 Å². The quantitative estimate of drug-likeness (QED) is 0.217. The van der Waals surface area contributed by atoms with Gasteiger partial charge in [0, 0.05) is 6.20 Å². The van der Waals surface area contributed by atoms with Gasteiger partial charge in [-0.3, -0.25) is 9.53 Å². The lowest BCUT2D eigenvalue weighted by atomic mass is 10.1. The lowest BCUT2D eigenvalue weighted by Crippen LogP contribution is -2.49. The van der Waals surface area contributed by atoms with Gasteiger partial charge >= 0.3 is 7.82 Å². The number of ether oxygens (including phenoxy) is 1. The van der Waals surface area contributed by atoms with Crippen LogP contribution < -0.4 is 11.2 Å². The van der Waals surface area contributed by atoms with E-state index in [-0.39, 0.29) is 6.67 Å². The van der Waals surface area contributed by atoms with Gasteiger partial charge < -0.3 is 30.1 Å². The van der Waals surface area contributed by atoms with E-state index in [9.17, 15) is 14.8 Å². The Morgan fingerprint density at radius 3 is 2.88 bits per heavy atom. The van der Waals surface area contributed by atoms with Crippen LogP contribution in [0.2, 0.25) is 0 Å². The Hall–Kier alpha value is -1.70. The van der Waals surface area contributed by atoms with Crippen LogP contribution in [-0.2, 0) is 13.8 Å². The van der Waals surface area contributed by atoms with Gasteiger partial charge in [0.2, 0.25) is 0 Å². The van der Waals surface area contributed by atoms with Gasteiger partial charge in [-0.15, -0.1) is 0 Å². The van der Waals surface area contributed by atoms with E-state index in [2.05, 4.69) is 24.8 Å². The van der Waals surface area contributed by atoms with Crippen molar-refractivity contribution in [2.45, 2.75) is 24.5 Å². The summed E-state index contributed by atoms with van der Waals surface area (Å²) in [5.41, 5.74) is 0.469. The first-order chi connectivity index (χ1) is 11.8. The molecular formula is C11H17N6O7P. The fourth-order valence-electron chi connectivity index (χ4n) is 2.46. The number of rotatable bonds is 4. The number of nitrogens with two attached hydrogens (primary N) is 1. The molecule has 0 spiro atoms.